The summed E-state index contributed by atoms with van der Waals surface area (Å²) in [5.74, 6) is -0.733. The zero-order valence-electron chi connectivity index (χ0n) is 10.5. The van der Waals surface area contributed by atoms with Crippen molar-refractivity contribution in [2.75, 3.05) is 13.1 Å². The largest absolute Gasteiger partial charge is 0.481 e. The average molecular weight is 312 g/mol. The molecule has 1 unspecified atom stereocenters. The Bertz CT molecular complexity index is 441. The fraction of sp³-hybridized carbons (Fsp3) is 0.500. The third kappa shape index (κ3) is 3.12. The summed E-state index contributed by atoms with van der Waals surface area (Å²) in [6.45, 7) is 4.04. The monoisotopic (exact) mass is 311 g/mol. The lowest BCUT2D eigenvalue weighted by Crippen LogP contribution is -2.27. The predicted octanol–water partition coefficient (Wildman–Crippen LogP) is 3.37. The van der Waals surface area contributed by atoms with Gasteiger partial charge in [0, 0.05) is 10.5 Å². The van der Waals surface area contributed by atoms with Gasteiger partial charge < -0.3 is 5.11 Å². The number of carbonyl (C=O) groups is 1. The first kappa shape index (κ1) is 13.6. The van der Waals surface area contributed by atoms with Crippen LogP contribution in [0, 0.1) is 6.92 Å². The van der Waals surface area contributed by atoms with Crippen LogP contribution in [0.4, 0.5) is 0 Å². The fourth-order valence-corrected chi connectivity index (χ4v) is 2.89. The highest BCUT2D eigenvalue weighted by Crippen LogP contribution is 2.30. The van der Waals surface area contributed by atoms with E-state index >= 15 is 0 Å². The molecule has 1 aliphatic rings. The highest BCUT2D eigenvalue weighted by Gasteiger charge is 2.25. The van der Waals surface area contributed by atoms with Crippen LogP contribution in [-0.4, -0.2) is 29.1 Å². The Morgan fingerprint density at radius 3 is 2.67 bits per heavy atom. The van der Waals surface area contributed by atoms with Gasteiger partial charge in [0.05, 0.1) is 6.42 Å². The minimum atomic E-state index is -0.733. The Morgan fingerprint density at radius 1 is 1.44 bits per heavy atom. The van der Waals surface area contributed by atoms with Crippen LogP contribution in [0.3, 0.4) is 0 Å². The first-order valence-corrected chi connectivity index (χ1v) is 7.09. The van der Waals surface area contributed by atoms with E-state index in [1.807, 2.05) is 19.1 Å². The molecule has 1 aromatic carbocycles. The van der Waals surface area contributed by atoms with Crippen molar-refractivity contribution in [3.8, 4) is 0 Å². The molecule has 2 rings (SSSR count). The number of nitrogens with zero attached hydrogens (tertiary/aromatic N) is 1. The van der Waals surface area contributed by atoms with E-state index in [4.69, 9.17) is 5.11 Å². The second kappa shape index (κ2) is 5.85. The maximum Gasteiger partial charge on any atom is 0.305 e. The standard InChI is InChI=1S/C14H18BrNO2/c1-10-4-5-11(8-12(10)15)13(9-14(17)18)16-6-2-3-7-16/h4-5,8,13H,2-3,6-7,9H2,1H3,(H,17,18). The summed E-state index contributed by atoms with van der Waals surface area (Å²) in [4.78, 5) is 13.3. The van der Waals surface area contributed by atoms with Gasteiger partial charge in [-0.15, -0.1) is 0 Å². The zero-order chi connectivity index (χ0) is 13.1. The summed E-state index contributed by atoms with van der Waals surface area (Å²) in [6.07, 6.45) is 2.52. The number of halogens is 1. The molecule has 4 heteroatoms. The zero-order valence-corrected chi connectivity index (χ0v) is 12.1. The van der Waals surface area contributed by atoms with Gasteiger partial charge in [-0.05, 0) is 50.0 Å². The van der Waals surface area contributed by atoms with E-state index in [2.05, 4.69) is 26.9 Å². The van der Waals surface area contributed by atoms with Crippen molar-refractivity contribution in [3.63, 3.8) is 0 Å². The van der Waals surface area contributed by atoms with Gasteiger partial charge >= 0.3 is 5.97 Å². The Morgan fingerprint density at radius 2 is 2.11 bits per heavy atom. The van der Waals surface area contributed by atoms with Gasteiger partial charge in [-0.2, -0.15) is 0 Å². The van der Waals surface area contributed by atoms with Gasteiger partial charge in [-0.25, -0.2) is 0 Å². The van der Waals surface area contributed by atoms with E-state index in [1.54, 1.807) is 0 Å². The van der Waals surface area contributed by atoms with Crippen molar-refractivity contribution in [3.05, 3.63) is 33.8 Å². The van der Waals surface area contributed by atoms with Crippen molar-refractivity contribution >= 4 is 21.9 Å². The maximum atomic E-state index is 11.1. The minimum absolute atomic E-state index is 0.00176. The van der Waals surface area contributed by atoms with Crippen LogP contribution < -0.4 is 0 Å². The smallest absolute Gasteiger partial charge is 0.305 e. The Hall–Kier alpha value is -0.870. The third-order valence-corrected chi connectivity index (χ3v) is 4.38. The molecule has 0 spiro atoms. The summed E-state index contributed by atoms with van der Waals surface area (Å²) in [6, 6.07) is 6.15. The molecule has 0 aliphatic carbocycles. The maximum absolute atomic E-state index is 11.1. The number of hydrogen-bond acceptors (Lipinski definition) is 2. The average Bonchev–Trinajstić information content (AvgIpc) is 2.83. The van der Waals surface area contributed by atoms with Crippen molar-refractivity contribution in [1.82, 2.24) is 4.90 Å². The van der Waals surface area contributed by atoms with Crippen LogP contribution in [0.15, 0.2) is 22.7 Å². The van der Waals surface area contributed by atoms with Crippen LogP contribution in [0.25, 0.3) is 0 Å². The molecule has 0 bridgehead atoms. The SMILES string of the molecule is Cc1ccc(C(CC(=O)O)N2CCCC2)cc1Br. The highest BCUT2D eigenvalue weighted by atomic mass is 79.9. The first-order valence-electron chi connectivity index (χ1n) is 6.30. The quantitative estimate of drug-likeness (QED) is 0.927. The molecule has 0 radical (unpaired) electrons. The van der Waals surface area contributed by atoms with E-state index in [0.717, 1.165) is 23.1 Å². The lowest BCUT2D eigenvalue weighted by molar-refractivity contribution is -0.138. The molecule has 1 atom stereocenters. The van der Waals surface area contributed by atoms with Gasteiger partial charge in [0.15, 0.2) is 0 Å². The molecule has 1 N–H and O–H groups in total. The van der Waals surface area contributed by atoms with Gasteiger partial charge in [-0.1, -0.05) is 28.1 Å². The Balaban J connectivity index is 2.26. The van der Waals surface area contributed by atoms with Gasteiger partial charge in [0.2, 0.25) is 0 Å². The number of aryl methyl sites for hydroxylation is 1. The summed E-state index contributed by atoms with van der Waals surface area (Å²) in [5.41, 5.74) is 2.27. The normalized spacial score (nSPS) is 17.9. The fourth-order valence-electron chi connectivity index (χ4n) is 2.49. The van der Waals surface area contributed by atoms with Gasteiger partial charge in [0.1, 0.15) is 0 Å². The number of likely N-dealkylation sites (tertiary alicyclic amines) is 1. The highest BCUT2D eigenvalue weighted by molar-refractivity contribution is 9.10. The van der Waals surface area contributed by atoms with Crippen LogP contribution in [-0.2, 0) is 4.79 Å². The molecule has 1 aliphatic heterocycles. The van der Waals surface area contributed by atoms with E-state index in [9.17, 15) is 4.79 Å². The van der Waals surface area contributed by atoms with E-state index < -0.39 is 5.97 Å². The lowest BCUT2D eigenvalue weighted by atomic mass is 10.0. The molecule has 0 amide bonds. The number of rotatable bonds is 4. The summed E-state index contributed by atoms with van der Waals surface area (Å²) < 4.78 is 1.05. The number of carboxylic acid groups (broad SMARTS) is 1. The molecular weight excluding hydrogens is 294 g/mol. The van der Waals surface area contributed by atoms with Crippen LogP contribution >= 0.6 is 15.9 Å². The molecular formula is C14H18BrNO2. The van der Waals surface area contributed by atoms with Crippen molar-refractivity contribution in [2.24, 2.45) is 0 Å². The van der Waals surface area contributed by atoms with Crippen molar-refractivity contribution in [2.45, 2.75) is 32.2 Å². The van der Waals surface area contributed by atoms with Crippen LogP contribution in [0.5, 0.6) is 0 Å². The van der Waals surface area contributed by atoms with E-state index in [-0.39, 0.29) is 12.5 Å². The van der Waals surface area contributed by atoms with Crippen LogP contribution in [0.1, 0.15) is 36.4 Å². The molecule has 98 valence electrons. The second-order valence-corrected chi connectivity index (χ2v) is 5.72. The molecule has 3 nitrogen and oxygen atoms in total. The second-order valence-electron chi connectivity index (χ2n) is 4.87. The lowest BCUT2D eigenvalue weighted by Gasteiger charge is -2.27. The van der Waals surface area contributed by atoms with Crippen molar-refractivity contribution < 1.29 is 9.90 Å². The Kier molecular flexibility index (Phi) is 4.40. The summed E-state index contributed by atoms with van der Waals surface area (Å²) in [7, 11) is 0. The molecule has 1 saturated heterocycles. The number of hydrogen-bond donors (Lipinski definition) is 1. The van der Waals surface area contributed by atoms with Gasteiger partial charge in [0.25, 0.3) is 0 Å². The summed E-state index contributed by atoms with van der Waals surface area (Å²) in [5, 5.41) is 9.09. The number of benzene rings is 1. The predicted molar refractivity (Wildman–Crippen MR) is 74.7 cm³/mol. The molecule has 18 heavy (non-hydrogen) atoms. The van der Waals surface area contributed by atoms with E-state index in [1.165, 1.54) is 18.4 Å². The molecule has 0 aromatic heterocycles. The molecule has 1 aromatic rings. The summed E-state index contributed by atoms with van der Waals surface area (Å²) >= 11 is 3.52. The third-order valence-electron chi connectivity index (χ3n) is 3.53. The number of carboxylic acids is 1. The van der Waals surface area contributed by atoms with Gasteiger partial charge in [-0.3, -0.25) is 9.69 Å². The topological polar surface area (TPSA) is 40.5 Å². The molecule has 1 heterocycles. The minimum Gasteiger partial charge on any atom is -0.481 e. The van der Waals surface area contributed by atoms with E-state index in [0.29, 0.717) is 0 Å². The van der Waals surface area contributed by atoms with Crippen LogP contribution in [0.2, 0.25) is 0 Å². The van der Waals surface area contributed by atoms with Crippen molar-refractivity contribution in [1.29, 1.82) is 0 Å². The first-order chi connectivity index (χ1) is 8.58. The molecule has 1 fully saturated rings. The molecule has 0 saturated carbocycles. The Labute approximate surface area is 116 Å². The number of aliphatic carboxylic acids is 1.